The van der Waals surface area contributed by atoms with Gasteiger partial charge in [-0.1, -0.05) is 35.9 Å². The summed E-state index contributed by atoms with van der Waals surface area (Å²) in [7, 11) is -3.87. The van der Waals surface area contributed by atoms with Gasteiger partial charge in [0.1, 0.15) is 5.82 Å². The first-order valence-corrected chi connectivity index (χ1v) is 13.6. The van der Waals surface area contributed by atoms with Crippen molar-refractivity contribution in [1.29, 1.82) is 0 Å². The Kier molecular flexibility index (Phi) is 8.23. The number of carbonyl (C=O) groups excluding carboxylic acids is 1. The first-order chi connectivity index (χ1) is 17.3. The maximum atomic E-state index is 13.4. The van der Waals surface area contributed by atoms with Crippen LogP contribution >= 0.6 is 11.6 Å². The van der Waals surface area contributed by atoms with Crippen molar-refractivity contribution < 1.29 is 22.3 Å². The van der Waals surface area contributed by atoms with E-state index >= 15 is 0 Å². The minimum Gasteiger partial charge on any atom is -0.376 e. The average molecular weight is 532 g/mol. The van der Waals surface area contributed by atoms with Crippen LogP contribution < -0.4 is 0 Å². The zero-order valence-corrected chi connectivity index (χ0v) is 21.2. The molecule has 0 spiro atoms. The van der Waals surface area contributed by atoms with Crippen LogP contribution in [0.1, 0.15) is 34.5 Å². The molecule has 36 heavy (non-hydrogen) atoms. The number of amides is 1. The molecule has 4 rings (SSSR count). The van der Waals surface area contributed by atoms with E-state index in [2.05, 4.69) is 11.6 Å². The van der Waals surface area contributed by atoms with E-state index in [0.717, 1.165) is 12.8 Å². The Labute approximate surface area is 215 Å². The fourth-order valence-corrected chi connectivity index (χ4v) is 5.88. The predicted octanol–water partition coefficient (Wildman–Crippen LogP) is 4.66. The van der Waals surface area contributed by atoms with Crippen LogP contribution in [0.15, 0.2) is 72.5 Å². The maximum absolute atomic E-state index is 13.4. The number of aromatic nitrogens is 2. The van der Waals surface area contributed by atoms with Crippen LogP contribution in [0.3, 0.4) is 0 Å². The molecule has 2 heterocycles. The van der Waals surface area contributed by atoms with Crippen molar-refractivity contribution in [2.75, 3.05) is 13.2 Å². The van der Waals surface area contributed by atoms with Gasteiger partial charge in [-0.15, -0.1) is 6.58 Å². The van der Waals surface area contributed by atoms with Crippen LogP contribution in [-0.2, 0) is 33.4 Å². The summed E-state index contributed by atoms with van der Waals surface area (Å²) in [5.74, 6) is -1.03. The minimum absolute atomic E-state index is 0.105. The lowest BCUT2D eigenvalue weighted by molar-refractivity contribution is 0.0751. The summed E-state index contributed by atoms with van der Waals surface area (Å²) in [5.41, 5.74) is 1.42. The fraction of sp³-hybridized carbons (Fsp3) is 0.308. The molecular formula is C26H27ClFN3O4S. The lowest BCUT2D eigenvalue weighted by Gasteiger charge is -2.23. The van der Waals surface area contributed by atoms with Crippen LogP contribution in [-0.4, -0.2) is 48.0 Å². The second kappa shape index (κ2) is 11.4. The highest BCUT2D eigenvalue weighted by molar-refractivity contribution is 7.90. The van der Waals surface area contributed by atoms with Crippen molar-refractivity contribution in [3.8, 4) is 0 Å². The summed E-state index contributed by atoms with van der Waals surface area (Å²) in [6, 6.07) is 12.0. The van der Waals surface area contributed by atoms with Gasteiger partial charge in [0.05, 0.1) is 36.8 Å². The molecule has 1 aromatic heterocycles. The van der Waals surface area contributed by atoms with Crippen molar-refractivity contribution in [3.05, 3.63) is 95.0 Å². The highest BCUT2D eigenvalue weighted by Gasteiger charge is 2.28. The number of ether oxygens (including phenoxy) is 1. The predicted molar refractivity (Wildman–Crippen MR) is 135 cm³/mol. The molecule has 0 aliphatic carbocycles. The molecule has 10 heteroatoms. The number of benzene rings is 2. The van der Waals surface area contributed by atoms with Gasteiger partial charge in [-0.25, -0.2) is 17.8 Å². The Bertz CT molecular complexity index is 1340. The van der Waals surface area contributed by atoms with Gasteiger partial charge in [0.25, 0.3) is 5.91 Å². The Hall–Kier alpha value is -3.01. The molecule has 1 saturated heterocycles. The van der Waals surface area contributed by atoms with Gasteiger partial charge >= 0.3 is 0 Å². The van der Waals surface area contributed by atoms with Gasteiger partial charge in [-0.05, 0) is 48.7 Å². The van der Waals surface area contributed by atoms with Crippen molar-refractivity contribution in [2.45, 2.75) is 42.9 Å². The monoisotopic (exact) mass is 531 g/mol. The second-order valence-electron chi connectivity index (χ2n) is 8.65. The van der Waals surface area contributed by atoms with Crippen molar-refractivity contribution >= 4 is 27.3 Å². The van der Waals surface area contributed by atoms with E-state index in [1.807, 2.05) is 0 Å². The number of sulfone groups is 1. The normalized spacial score (nSPS) is 15.7. The zero-order valence-electron chi connectivity index (χ0n) is 19.6. The lowest BCUT2D eigenvalue weighted by Crippen LogP contribution is -2.32. The third kappa shape index (κ3) is 6.21. The fourth-order valence-electron chi connectivity index (χ4n) is 4.19. The van der Waals surface area contributed by atoms with E-state index in [4.69, 9.17) is 16.3 Å². The zero-order chi connectivity index (χ0) is 25.7. The molecule has 190 valence electrons. The molecule has 1 amide bonds. The number of carbonyl (C=O) groups is 1. The van der Waals surface area contributed by atoms with Crippen LogP contribution in [0.25, 0.3) is 0 Å². The molecule has 1 aliphatic rings. The number of imidazole rings is 1. The summed E-state index contributed by atoms with van der Waals surface area (Å²) in [6.45, 7) is 5.02. The Morgan fingerprint density at radius 1 is 1.28 bits per heavy atom. The van der Waals surface area contributed by atoms with E-state index in [-0.39, 0.29) is 36.0 Å². The Balaban J connectivity index is 1.66. The van der Waals surface area contributed by atoms with E-state index in [1.165, 1.54) is 30.5 Å². The SMILES string of the molecule is C=CCN(Cc1cnc(S(=O)(=O)Cc2ccc(F)cc2)n1CC1CCCO1)C(=O)c1cccc(Cl)c1. The van der Waals surface area contributed by atoms with E-state index in [9.17, 15) is 17.6 Å². The molecule has 2 aromatic carbocycles. The van der Waals surface area contributed by atoms with Crippen LogP contribution in [0.4, 0.5) is 4.39 Å². The first kappa shape index (κ1) is 26.1. The maximum Gasteiger partial charge on any atom is 0.254 e. The standard InChI is InChI=1S/C26H27ClFN3O4S/c1-2-12-30(25(32)20-5-3-6-21(27)14-20)16-23-15-29-26(31(23)17-24-7-4-13-35-24)36(33,34)18-19-8-10-22(28)11-9-19/h2-3,5-6,8-11,14-15,24H,1,4,7,12-13,16-18H2. The highest BCUT2D eigenvalue weighted by Crippen LogP contribution is 2.23. The molecule has 7 nitrogen and oxygen atoms in total. The van der Waals surface area contributed by atoms with Gasteiger partial charge in [0, 0.05) is 23.7 Å². The van der Waals surface area contributed by atoms with Crippen molar-refractivity contribution in [1.82, 2.24) is 14.5 Å². The van der Waals surface area contributed by atoms with Crippen molar-refractivity contribution in [2.24, 2.45) is 0 Å². The average Bonchev–Trinajstić information content (AvgIpc) is 3.51. The van der Waals surface area contributed by atoms with Gasteiger partial charge < -0.3 is 14.2 Å². The van der Waals surface area contributed by atoms with E-state index in [1.54, 1.807) is 39.8 Å². The second-order valence-corrected chi connectivity index (χ2v) is 11.0. The van der Waals surface area contributed by atoms with Gasteiger partial charge in [0.15, 0.2) is 0 Å². The van der Waals surface area contributed by atoms with Crippen LogP contribution in [0, 0.1) is 5.82 Å². The largest absolute Gasteiger partial charge is 0.376 e. The summed E-state index contributed by atoms with van der Waals surface area (Å²) < 4.78 is 47.4. The summed E-state index contributed by atoms with van der Waals surface area (Å²) in [4.78, 5) is 19.1. The molecule has 1 atom stereocenters. The molecular weight excluding hydrogens is 505 g/mol. The summed E-state index contributed by atoms with van der Waals surface area (Å²) in [6.07, 6.45) is 4.62. The van der Waals surface area contributed by atoms with Crippen LogP contribution in [0.5, 0.6) is 0 Å². The molecule has 0 bridgehead atoms. The minimum atomic E-state index is -3.87. The summed E-state index contributed by atoms with van der Waals surface area (Å²) >= 11 is 6.07. The third-order valence-corrected chi connectivity index (χ3v) is 7.75. The van der Waals surface area contributed by atoms with Crippen molar-refractivity contribution in [3.63, 3.8) is 0 Å². The summed E-state index contributed by atoms with van der Waals surface area (Å²) in [5, 5.41) is 0.336. The first-order valence-electron chi connectivity index (χ1n) is 11.6. The number of hydrogen-bond donors (Lipinski definition) is 0. The van der Waals surface area contributed by atoms with Crippen LogP contribution in [0.2, 0.25) is 5.02 Å². The van der Waals surface area contributed by atoms with Gasteiger partial charge in [-0.3, -0.25) is 4.79 Å². The lowest BCUT2D eigenvalue weighted by atomic mass is 10.2. The van der Waals surface area contributed by atoms with E-state index in [0.29, 0.717) is 35.0 Å². The van der Waals surface area contributed by atoms with Gasteiger partial charge in [-0.2, -0.15) is 0 Å². The number of hydrogen-bond acceptors (Lipinski definition) is 5. The molecule has 0 N–H and O–H groups in total. The molecule has 3 aromatic rings. The molecule has 1 aliphatic heterocycles. The van der Waals surface area contributed by atoms with E-state index < -0.39 is 15.7 Å². The molecule has 1 unspecified atom stereocenters. The van der Waals surface area contributed by atoms with Gasteiger partial charge in [0.2, 0.25) is 15.0 Å². The third-order valence-electron chi connectivity index (χ3n) is 5.92. The Morgan fingerprint density at radius 3 is 2.72 bits per heavy atom. The quantitative estimate of drug-likeness (QED) is 0.355. The molecule has 0 radical (unpaired) electrons. The number of halogens is 2. The Morgan fingerprint density at radius 2 is 2.06 bits per heavy atom. The smallest absolute Gasteiger partial charge is 0.254 e. The molecule has 1 fully saturated rings. The topological polar surface area (TPSA) is 81.5 Å². The molecule has 0 saturated carbocycles. The number of nitrogens with zero attached hydrogens (tertiary/aromatic N) is 3. The number of rotatable bonds is 10. The highest BCUT2D eigenvalue weighted by atomic mass is 35.5.